The molecule has 5 heteroatoms. The highest BCUT2D eigenvalue weighted by atomic mass is 32.2. The van der Waals surface area contributed by atoms with Crippen molar-refractivity contribution in [3.05, 3.63) is 29.8 Å². The monoisotopic (exact) mass is 241 g/mol. The van der Waals surface area contributed by atoms with Crippen LogP contribution in [0, 0.1) is 0 Å². The van der Waals surface area contributed by atoms with E-state index in [1.165, 1.54) is 19.2 Å². The van der Waals surface area contributed by atoms with Crippen molar-refractivity contribution in [2.45, 2.75) is 24.7 Å². The number of rotatable bonds is 5. The molecule has 0 unspecified atom stereocenters. The summed E-state index contributed by atoms with van der Waals surface area (Å²) in [6.45, 7) is 1.93. The highest BCUT2D eigenvalue weighted by Crippen LogP contribution is 2.12. The van der Waals surface area contributed by atoms with Crippen LogP contribution in [-0.2, 0) is 10.0 Å². The Labute approximate surface area is 95.7 Å². The van der Waals surface area contributed by atoms with Crippen LogP contribution < -0.4 is 4.72 Å². The molecule has 0 bridgehead atoms. The Kier molecular flexibility index (Phi) is 4.20. The Balaban J connectivity index is 2.96. The van der Waals surface area contributed by atoms with Gasteiger partial charge in [-0.15, -0.1) is 0 Å². The number of hydrogen-bond acceptors (Lipinski definition) is 3. The molecule has 1 rings (SSSR count). The summed E-state index contributed by atoms with van der Waals surface area (Å²) in [6.07, 6.45) is 1.27. The predicted molar refractivity (Wildman–Crippen MR) is 61.9 cm³/mol. The molecule has 0 aliphatic rings. The maximum Gasteiger partial charge on any atom is 0.240 e. The van der Waals surface area contributed by atoms with E-state index in [4.69, 9.17) is 0 Å². The van der Waals surface area contributed by atoms with Crippen molar-refractivity contribution < 1.29 is 13.2 Å². The molecular weight excluding hydrogens is 226 g/mol. The summed E-state index contributed by atoms with van der Waals surface area (Å²) >= 11 is 0. The lowest BCUT2D eigenvalue weighted by molar-refractivity contribution is 0.0981. The molecule has 0 radical (unpaired) electrons. The Hall–Kier alpha value is -1.20. The molecule has 1 aromatic rings. The van der Waals surface area contributed by atoms with Crippen LogP contribution in [0.4, 0.5) is 0 Å². The lowest BCUT2D eigenvalue weighted by atomic mass is 10.1. The molecule has 1 N–H and O–H groups in total. The van der Waals surface area contributed by atoms with Gasteiger partial charge >= 0.3 is 0 Å². The van der Waals surface area contributed by atoms with Gasteiger partial charge in [0.2, 0.25) is 10.0 Å². The van der Waals surface area contributed by atoms with Crippen LogP contribution >= 0.6 is 0 Å². The second kappa shape index (κ2) is 5.23. The van der Waals surface area contributed by atoms with E-state index in [1.54, 1.807) is 12.1 Å². The SMILES string of the molecule is CCCC(=O)c1ccc(S(=O)(=O)NC)cc1. The first-order valence-electron chi connectivity index (χ1n) is 5.08. The van der Waals surface area contributed by atoms with Gasteiger partial charge < -0.3 is 0 Å². The van der Waals surface area contributed by atoms with Crippen molar-refractivity contribution in [2.75, 3.05) is 7.05 Å². The Morgan fingerprint density at radius 2 is 1.81 bits per heavy atom. The molecule has 0 fully saturated rings. The van der Waals surface area contributed by atoms with Crippen molar-refractivity contribution in [1.29, 1.82) is 0 Å². The van der Waals surface area contributed by atoms with Crippen LogP contribution in [0.2, 0.25) is 0 Å². The second-order valence-corrected chi connectivity index (χ2v) is 5.29. The van der Waals surface area contributed by atoms with Gasteiger partial charge in [0.25, 0.3) is 0 Å². The van der Waals surface area contributed by atoms with Gasteiger partial charge in [0.05, 0.1) is 4.90 Å². The minimum atomic E-state index is -3.41. The summed E-state index contributed by atoms with van der Waals surface area (Å²) in [6, 6.07) is 5.97. The molecule has 0 heterocycles. The normalized spacial score (nSPS) is 11.4. The van der Waals surface area contributed by atoms with E-state index in [2.05, 4.69) is 4.72 Å². The highest BCUT2D eigenvalue weighted by Gasteiger charge is 2.11. The number of Topliss-reactive ketones (excluding diaryl/α,β-unsaturated/α-hetero) is 1. The Morgan fingerprint density at radius 1 is 1.25 bits per heavy atom. The van der Waals surface area contributed by atoms with Crippen molar-refractivity contribution in [1.82, 2.24) is 4.72 Å². The molecule has 4 nitrogen and oxygen atoms in total. The zero-order chi connectivity index (χ0) is 12.2. The van der Waals surface area contributed by atoms with E-state index >= 15 is 0 Å². The van der Waals surface area contributed by atoms with Gasteiger partial charge in [-0.1, -0.05) is 19.1 Å². The molecule has 0 saturated carbocycles. The van der Waals surface area contributed by atoms with Crippen molar-refractivity contribution >= 4 is 15.8 Å². The largest absolute Gasteiger partial charge is 0.294 e. The lowest BCUT2D eigenvalue weighted by Gasteiger charge is -2.03. The van der Waals surface area contributed by atoms with Crippen molar-refractivity contribution in [3.63, 3.8) is 0 Å². The highest BCUT2D eigenvalue weighted by molar-refractivity contribution is 7.89. The molecular formula is C11H15NO3S. The molecule has 16 heavy (non-hydrogen) atoms. The third-order valence-electron chi connectivity index (χ3n) is 2.23. The predicted octanol–water partition coefficient (Wildman–Crippen LogP) is 1.58. The third-order valence-corrected chi connectivity index (χ3v) is 3.66. The van der Waals surface area contributed by atoms with Gasteiger partial charge in [0.1, 0.15) is 0 Å². The molecule has 0 aromatic heterocycles. The van der Waals surface area contributed by atoms with E-state index < -0.39 is 10.0 Å². The van der Waals surface area contributed by atoms with Crippen LogP contribution in [-0.4, -0.2) is 21.2 Å². The molecule has 0 saturated heterocycles. The van der Waals surface area contributed by atoms with E-state index in [-0.39, 0.29) is 10.7 Å². The molecule has 0 spiro atoms. The zero-order valence-electron chi connectivity index (χ0n) is 9.36. The number of benzene rings is 1. The van der Waals surface area contributed by atoms with Crippen LogP contribution in [0.1, 0.15) is 30.1 Å². The fourth-order valence-electron chi connectivity index (χ4n) is 1.31. The standard InChI is InChI=1S/C11H15NO3S/c1-3-4-11(13)9-5-7-10(8-6-9)16(14,15)12-2/h5-8,12H,3-4H2,1-2H3. The summed E-state index contributed by atoms with van der Waals surface area (Å²) in [5.41, 5.74) is 0.553. The number of carbonyl (C=O) groups excluding carboxylic acids is 1. The smallest absolute Gasteiger partial charge is 0.240 e. The quantitative estimate of drug-likeness (QED) is 0.796. The summed E-state index contributed by atoms with van der Waals surface area (Å²) in [4.78, 5) is 11.7. The fraction of sp³-hybridized carbons (Fsp3) is 0.364. The molecule has 1 aromatic carbocycles. The van der Waals surface area contributed by atoms with Crippen LogP contribution in [0.3, 0.4) is 0 Å². The first-order valence-corrected chi connectivity index (χ1v) is 6.56. The number of ketones is 1. The number of hydrogen-bond donors (Lipinski definition) is 1. The molecule has 0 aliphatic carbocycles. The molecule has 0 atom stereocenters. The van der Waals surface area contributed by atoms with E-state index in [9.17, 15) is 13.2 Å². The van der Waals surface area contributed by atoms with Gasteiger partial charge in [-0.2, -0.15) is 0 Å². The van der Waals surface area contributed by atoms with Gasteiger partial charge in [0.15, 0.2) is 5.78 Å². The molecule has 88 valence electrons. The van der Waals surface area contributed by atoms with Crippen molar-refractivity contribution in [2.24, 2.45) is 0 Å². The number of sulfonamides is 1. The summed E-state index contributed by atoms with van der Waals surface area (Å²) < 4.78 is 25.0. The first kappa shape index (κ1) is 12.9. The van der Waals surface area contributed by atoms with Gasteiger partial charge in [0, 0.05) is 12.0 Å². The van der Waals surface area contributed by atoms with Gasteiger partial charge in [-0.05, 0) is 25.6 Å². The number of carbonyl (C=O) groups is 1. The summed E-state index contributed by atoms with van der Waals surface area (Å²) in [5.74, 6) is 0.0379. The summed E-state index contributed by atoms with van der Waals surface area (Å²) in [7, 11) is -2.06. The van der Waals surface area contributed by atoms with Gasteiger partial charge in [-0.3, -0.25) is 4.79 Å². The maximum atomic E-state index is 11.5. The second-order valence-electron chi connectivity index (χ2n) is 3.41. The Morgan fingerprint density at radius 3 is 2.25 bits per heavy atom. The topological polar surface area (TPSA) is 63.2 Å². The number of nitrogens with one attached hydrogen (secondary N) is 1. The van der Waals surface area contributed by atoms with E-state index in [1.807, 2.05) is 6.92 Å². The summed E-state index contributed by atoms with van der Waals surface area (Å²) in [5, 5.41) is 0. The van der Waals surface area contributed by atoms with Gasteiger partial charge in [-0.25, -0.2) is 13.1 Å². The first-order chi connectivity index (χ1) is 7.51. The van der Waals surface area contributed by atoms with Crippen LogP contribution in [0.5, 0.6) is 0 Å². The molecule has 0 amide bonds. The lowest BCUT2D eigenvalue weighted by Crippen LogP contribution is -2.18. The van der Waals surface area contributed by atoms with Crippen LogP contribution in [0.15, 0.2) is 29.2 Å². The zero-order valence-corrected chi connectivity index (χ0v) is 10.2. The minimum Gasteiger partial charge on any atom is -0.294 e. The van der Waals surface area contributed by atoms with Crippen LogP contribution in [0.25, 0.3) is 0 Å². The van der Waals surface area contributed by atoms with E-state index in [0.717, 1.165) is 6.42 Å². The average molecular weight is 241 g/mol. The van der Waals surface area contributed by atoms with Crippen molar-refractivity contribution in [3.8, 4) is 0 Å². The van der Waals surface area contributed by atoms with E-state index in [0.29, 0.717) is 12.0 Å². The Bertz CT molecular complexity index is 463. The minimum absolute atomic E-state index is 0.0379. The average Bonchev–Trinajstić information content (AvgIpc) is 2.29. The molecule has 0 aliphatic heterocycles. The maximum absolute atomic E-state index is 11.5. The third kappa shape index (κ3) is 2.90. The fourth-order valence-corrected chi connectivity index (χ4v) is 2.04.